The van der Waals surface area contributed by atoms with Crippen LogP contribution in [0, 0.1) is 0 Å². The standard InChI is InChI=1S/C17H13NO5/c19-15(20)9-10-23-12-7-5-11(6-8-12)18-16(21)13-3-1-2-4-14(13)17(18)22/h1-8H,9-10H2,(H,19,20). The summed E-state index contributed by atoms with van der Waals surface area (Å²) in [5.74, 6) is -1.17. The van der Waals surface area contributed by atoms with Gasteiger partial charge in [0, 0.05) is 0 Å². The molecule has 0 aliphatic carbocycles. The van der Waals surface area contributed by atoms with Gasteiger partial charge in [-0.25, -0.2) is 4.90 Å². The zero-order chi connectivity index (χ0) is 16.4. The van der Waals surface area contributed by atoms with E-state index in [1.165, 1.54) is 0 Å². The molecule has 1 aliphatic rings. The van der Waals surface area contributed by atoms with Crippen LogP contribution < -0.4 is 9.64 Å². The molecule has 6 nitrogen and oxygen atoms in total. The van der Waals surface area contributed by atoms with Gasteiger partial charge in [0.1, 0.15) is 5.75 Å². The molecule has 6 heteroatoms. The van der Waals surface area contributed by atoms with Crippen molar-refractivity contribution in [1.82, 2.24) is 0 Å². The van der Waals surface area contributed by atoms with Crippen LogP contribution in [-0.2, 0) is 4.79 Å². The van der Waals surface area contributed by atoms with Crippen LogP contribution in [0.15, 0.2) is 48.5 Å². The maximum atomic E-state index is 12.3. The Morgan fingerprint density at radius 2 is 1.52 bits per heavy atom. The van der Waals surface area contributed by atoms with Crippen LogP contribution in [0.2, 0.25) is 0 Å². The van der Waals surface area contributed by atoms with Gasteiger partial charge in [-0.2, -0.15) is 0 Å². The number of fused-ring (bicyclic) bond motifs is 1. The van der Waals surface area contributed by atoms with Crippen LogP contribution in [-0.4, -0.2) is 29.5 Å². The number of anilines is 1. The third-order valence-corrected chi connectivity index (χ3v) is 3.47. The summed E-state index contributed by atoms with van der Waals surface area (Å²) < 4.78 is 5.28. The number of imide groups is 1. The molecule has 0 fully saturated rings. The van der Waals surface area contributed by atoms with Crippen molar-refractivity contribution in [3.05, 3.63) is 59.7 Å². The normalized spacial score (nSPS) is 13.1. The molecule has 0 spiro atoms. The van der Waals surface area contributed by atoms with Crippen molar-refractivity contribution < 1.29 is 24.2 Å². The maximum absolute atomic E-state index is 12.3. The highest BCUT2D eigenvalue weighted by Crippen LogP contribution is 2.29. The largest absolute Gasteiger partial charge is 0.493 e. The average molecular weight is 311 g/mol. The van der Waals surface area contributed by atoms with Crippen LogP contribution in [0.5, 0.6) is 5.75 Å². The third kappa shape index (κ3) is 2.78. The van der Waals surface area contributed by atoms with Crippen LogP contribution in [0.1, 0.15) is 27.1 Å². The molecule has 0 unspecified atom stereocenters. The van der Waals surface area contributed by atoms with Gasteiger partial charge >= 0.3 is 5.97 Å². The van der Waals surface area contributed by atoms with Crippen molar-refractivity contribution >= 4 is 23.5 Å². The van der Waals surface area contributed by atoms with Gasteiger partial charge in [0.2, 0.25) is 0 Å². The fourth-order valence-electron chi connectivity index (χ4n) is 2.37. The molecule has 116 valence electrons. The molecule has 0 aromatic heterocycles. The molecule has 0 saturated carbocycles. The molecule has 1 N–H and O–H groups in total. The van der Waals surface area contributed by atoms with Crippen LogP contribution in [0.25, 0.3) is 0 Å². The number of carbonyl (C=O) groups is 3. The summed E-state index contributed by atoms with van der Waals surface area (Å²) in [6.45, 7) is 0.0572. The first-order valence-corrected chi connectivity index (χ1v) is 7.00. The topological polar surface area (TPSA) is 83.9 Å². The first-order valence-electron chi connectivity index (χ1n) is 7.00. The Bertz CT molecular complexity index is 747. The SMILES string of the molecule is O=C(O)CCOc1ccc(N2C(=O)c3ccccc3C2=O)cc1. The minimum Gasteiger partial charge on any atom is -0.493 e. The number of ether oxygens (including phenoxy) is 1. The number of amides is 2. The van der Waals surface area contributed by atoms with Gasteiger partial charge in [-0.1, -0.05) is 12.1 Å². The van der Waals surface area contributed by atoms with Gasteiger partial charge in [-0.05, 0) is 36.4 Å². The highest BCUT2D eigenvalue weighted by Gasteiger charge is 2.36. The Kier molecular flexibility index (Phi) is 3.80. The van der Waals surface area contributed by atoms with E-state index in [9.17, 15) is 14.4 Å². The molecule has 0 radical (unpaired) electrons. The zero-order valence-corrected chi connectivity index (χ0v) is 12.1. The Labute approximate surface area is 131 Å². The molecular weight excluding hydrogens is 298 g/mol. The number of nitrogens with zero attached hydrogens (tertiary/aromatic N) is 1. The van der Waals surface area contributed by atoms with E-state index in [0.29, 0.717) is 22.6 Å². The fourth-order valence-corrected chi connectivity index (χ4v) is 2.37. The highest BCUT2D eigenvalue weighted by molar-refractivity contribution is 6.34. The first kappa shape index (κ1) is 14.8. The average Bonchev–Trinajstić information content (AvgIpc) is 2.80. The monoisotopic (exact) mass is 311 g/mol. The summed E-state index contributed by atoms with van der Waals surface area (Å²) in [4.78, 5) is 36.2. The third-order valence-electron chi connectivity index (χ3n) is 3.47. The van der Waals surface area contributed by atoms with Crippen molar-refractivity contribution in [2.45, 2.75) is 6.42 Å². The first-order chi connectivity index (χ1) is 11.1. The fraction of sp³-hybridized carbons (Fsp3) is 0.118. The van der Waals surface area contributed by atoms with E-state index in [1.54, 1.807) is 48.5 Å². The minimum atomic E-state index is -0.937. The molecule has 1 heterocycles. The highest BCUT2D eigenvalue weighted by atomic mass is 16.5. The van der Waals surface area contributed by atoms with Crippen molar-refractivity contribution in [2.24, 2.45) is 0 Å². The van der Waals surface area contributed by atoms with Gasteiger partial charge in [0.25, 0.3) is 11.8 Å². The summed E-state index contributed by atoms with van der Waals surface area (Å²) in [5.41, 5.74) is 1.22. The van der Waals surface area contributed by atoms with Crippen molar-refractivity contribution in [1.29, 1.82) is 0 Å². The molecule has 2 aromatic rings. The number of rotatable bonds is 5. The smallest absolute Gasteiger partial charge is 0.306 e. The molecule has 0 saturated heterocycles. The zero-order valence-electron chi connectivity index (χ0n) is 12.1. The van der Waals surface area contributed by atoms with Crippen molar-refractivity contribution in [3.8, 4) is 5.75 Å². The Balaban J connectivity index is 1.77. The number of hydrogen-bond donors (Lipinski definition) is 1. The summed E-state index contributed by atoms with van der Waals surface area (Å²) >= 11 is 0. The van der Waals surface area contributed by atoms with E-state index in [1.807, 2.05) is 0 Å². The Morgan fingerprint density at radius 3 is 2.04 bits per heavy atom. The second-order valence-corrected chi connectivity index (χ2v) is 4.98. The van der Waals surface area contributed by atoms with E-state index >= 15 is 0 Å². The molecule has 1 aliphatic heterocycles. The van der Waals surface area contributed by atoms with Crippen molar-refractivity contribution in [3.63, 3.8) is 0 Å². The number of hydrogen-bond acceptors (Lipinski definition) is 4. The van der Waals surface area contributed by atoms with Gasteiger partial charge in [-0.3, -0.25) is 14.4 Å². The van der Waals surface area contributed by atoms with E-state index < -0.39 is 5.97 Å². The predicted molar refractivity (Wildman–Crippen MR) is 81.8 cm³/mol. The maximum Gasteiger partial charge on any atom is 0.306 e. The molecule has 2 aromatic carbocycles. The van der Waals surface area contributed by atoms with Gasteiger partial charge in [0.15, 0.2) is 0 Å². The molecule has 2 amide bonds. The van der Waals surface area contributed by atoms with Gasteiger partial charge < -0.3 is 9.84 Å². The predicted octanol–water partition coefficient (Wildman–Crippen LogP) is 2.34. The second kappa shape index (κ2) is 5.92. The number of carboxylic acids is 1. The quantitative estimate of drug-likeness (QED) is 0.857. The summed E-state index contributed by atoms with van der Waals surface area (Å²) in [5, 5.41) is 8.56. The Morgan fingerprint density at radius 1 is 0.957 bits per heavy atom. The van der Waals surface area contributed by atoms with Gasteiger partial charge in [-0.15, -0.1) is 0 Å². The molecule has 3 rings (SSSR count). The summed E-state index contributed by atoms with van der Waals surface area (Å²) in [7, 11) is 0. The lowest BCUT2D eigenvalue weighted by Crippen LogP contribution is -2.29. The molecule has 0 bridgehead atoms. The summed E-state index contributed by atoms with van der Waals surface area (Å²) in [6, 6.07) is 13.1. The molecular formula is C17H13NO5. The number of aliphatic carboxylic acids is 1. The van der Waals surface area contributed by atoms with E-state index in [0.717, 1.165) is 4.90 Å². The number of carboxylic acid groups (broad SMARTS) is 1. The second-order valence-electron chi connectivity index (χ2n) is 4.98. The lowest BCUT2D eigenvalue weighted by molar-refractivity contribution is -0.137. The number of carbonyl (C=O) groups excluding carboxylic acids is 2. The van der Waals surface area contributed by atoms with Crippen molar-refractivity contribution in [2.75, 3.05) is 11.5 Å². The van der Waals surface area contributed by atoms with Crippen LogP contribution >= 0.6 is 0 Å². The molecule has 0 atom stereocenters. The summed E-state index contributed by atoms with van der Waals surface area (Å²) in [6.07, 6.45) is -0.0971. The van der Waals surface area contributed by atoms with E-state index in [2.05, 4.69) is 0 Å². The lowest BCUT2D eigenvalue weighted by Gasteiger charge is -2.14. The van der Waals surface area contributed by atoms with E-state index in [4.69, 9.17) is 9.84 Å². The number of benzene rings is 2. The molecule has 23 heavy (non-hydrogen) atoms. The van der Waals surface area contributed by atoms with Gasteiger partial charge in [0.05, 0.1) is 29.8 Å². The minimum absolute atomic E-state index is 0.0572. The lowest BCUT2D eigenvalue weighted by atomic mass is 10.1. The van der Waals surface area contributed by atoms with Crippen LogP contribution in [0.3, 0.4) is 0 Å². The van der Waals surface area contributed by atoms with Crippen LogP contribution in [0.4, 0.5) is 5.69 Å². The Hall–Kier alpha value is -3.15. The van der Waals surface area contributed by atoms with E-state index in [-0.39, 0.29) is 24.8 Å².